The lowest BCUT2D eigenvalue weighted by Gasteiger charge is -2.38. The second kappa shape index (κ2) is 7.32. The average molecular weight is 330 g/mol. The molecule has 24 heavy (non-hydrogen) atoms. The number of aromatic nitrogens is 2. The summed E-state index contributed by atoms with van der Waals surface area (Å²) in [5.74, 6) is 0. The van der Waals surface area contributed by atoms with Crippen molar-refractivity contribution in [2.45, 2.75) is 32.9 Å². The van der Waals surface area contributed by atoms with Crippen molar-refractivity contribution in [1.29, 1.82) is 0 Å². The summed E-state index contributed by atoms with van der Waals surface area (Å²) in [6, 6.07) is 5.63. The first-order valence-corrected chi connectivity index (χ1v) is 8.47. The molecule has 1 saturated heterocycles. The highest BCUT2D eigenvalue weighted by atomic mass is 16.5. The first-order valence-electron chi connectivity index (χ1n) is 8.47. The third kappa shape index (κ3) is 3.60. The van der Waals surface area contributed by atoms with Gasteiger partial charge in [-0.1, -0.05) is 6.07 Å². The number of rotatable bonds is 5. The van der Waals surface area contributed by atoms with Gasteiger partial charge in [0.15, 0.2) is 0 Å². The molecule has 1 aliphatic heterocycles. The minimum absolute atomic E-state index is 0.404. The molecule has 6 heteroatoms. The molecule has 0 aliphatic carbocycles. The zero-order valence-electron chi connectivity index (χ0n) is 14.9. The van der Waals surface area contributed by atoms with E-state index in [0.29, 0.717) is 31.3 Å². The van der Waals surface area contributed by atoms with Crippen LogP contribution in [0.5, 0.6) is 6.01 Å². The summed E-state index contributed by atoms with van der Waals surface area (Å²) in [7, 11) is 1.65. The summed E-state index contributed by atoms with van der Waals surface area (Å²) >= 11 is 0. The van der Waals surface area contributed by atoms with Crippen molar-refractivity contribution in [3.05, 3.63) is 23.9 Å². The molecule has 2 aromatic rings. The van der Waals surface area contributed by atoms with Crippen molar-refractivity contribution in [1.82, 2.24) is 15.3 Å². The third-order valence-corrected chi connectivity index (χ3v) is 4.32. The molecular formula is C18H26N4O2. The van der Waals surface area contributed by atoms with Crippen molar-refractivity contribution in [3.8, 4) is 6.01 Å². The largest absolute Gasteiger partial charge is 0.461 e. The molecule has 130 valence electrons. The number of benzene rings is 1. The Hall–Kier alpha value is -1.92. The molecule has 0 amide bonds. The van der Waals surface area contributed by atoms with Gasteiger partial charge >= 0.3 is 6.01 Å². The van der Waals surface area contributed by atoms with Crippen molar-refractivity contribution in [3.63, 3.8) is 0 Å². The molecule has 2 atom stereocenters. The van der Waals surface area contributed by atoms with E-state index in [9.17, 15) is 0 Å². The van der Waals surface area contributed by atoms with Crippen LogP contribution in [0.25, 0.3) is 10.9 Å². The highest BCUT2D eigenvalue weighted by molar-refractivity contribution is 5.93. The number of fused-ring (bicyclic) bond motifs is 1. The Bertz CT molecular complexity index is 697. The molecule has 0 spiro atoms. The third-order valence-electron chi connectivity index (χ3n) is 4.32. The van der Waals surface area contributed by atoms with Crippen LogP contribution in [-0.2, 0) is 4.74 Å². The number of aryl methyl sites for hydroxylation is 1. The van der Waals surface area contributed by atoms with Gasteiger partial charge < -0.3 is 19.7 Å². The van der Waals surface area contributed by atoms with E-state index < -0.39 is 0 Å². The van der Waals surface area contributed by atoms with Crippen LogP contribution < -0.4 is 15.0 Å². The lowest BCUT2D eigenvalue weighted by molar-refractivity contribution is 0.141. The molecular weight excluding hydrogens is 304 g/mol. The predicted octanol–water partition coefficient (Wildman–Crippen LogP) is 2.15. The smallest absolute Gasteiger partial charge is 0.317 e. The molecule has 1 aliphatic rings. The number of nitrogens with zero attached hydrogens (tertiary/aromatic N) is 3. The molecule has 6 nitrogen and oxygen atoms in total. The fraction of sp³-hybridized carbons (Fsp3) is 0.556. The van der Waals surface area contributed by atoms with Crippen LogP contribution in [0.1, 0.15) is 19.4 Å². The van der Waals surface area contributed by atoms with Crippen LogP contribution >= 0.6 is 0 Å². The Morgan fingerprint density at radius 2 is 1.96 bits per heavy atom. The Labute approximate surface area is 143 Å². The SMILES string of the molecule is COCCOc1ncc2c(N3CC(C)N[C@H](C)C3)ccc(C)c2n1. The number of hydrogen-bond acceptors (Lipinski definition) is 6. The van der Waals surface area contributed by atoms with E-state index in [4.69, 9.17) is 9.47 Å². The maximum absolute atomic E-state index is 5.56. The summed E-state index contributed by atoms with van der Waals surface area (Å²) < 4.78 is 10.6. The molecule has 1 unspecified atom stereocenters. The number of hydrogen-bond donors (Lipinski definition) is 1. The molecule has 1 fully saturated rings. The highest BCUT2D eigenvalue weighted by Crippen LogP contribution is 2.30. The quantitative estimate of drug-likeness (QED) is 0.848. The first-order chi connectivity index (χ1) is 11.6. The molecule has 0 bridgehead atoms. The van der Waals surface area contributed by atoms with Gasteiger partial charge in [-0.05, 0) is 32.4 Å². The van der Waals surface area contributed by atoms with E-state index in [-0.39, 0.29) is 0 Å². The van der Waals surface area contributed by atoms with E-state index in [1.165, 1.54) is 5.69 Å². The summed E-state index contributed by atoms with van der Waals surface area (Å²) in [5.41, 5.74) is 3.27. The number of methoxy groups -OCH3 is 1. The summed E-state index contributed by atoms with van der Waals surface area (Å²) in [6.07, 6.45) is 1.88. The molecule has 2 heterocycles. The molecule has 1 aromatic carbocycles. The van der Waals surface area contributed by atoms with E-state index in [0.717, 1.165) is 29.6 Å². The van der Waals surface area contributed by atoms with Gasteiger partial charge in [0.2, 0.25) is 0 Å². The zero-order chi connectivity index (χ0) is 17.1. The van der Waals surface area contributed by atoms with Crippen LogP contribution in [0, 0.1) is 6.92 Å². The Morgan fingerprint density at radius 1 is 1.21 bits per heavy atom. The van der Waals surface area contributed by atoms with Crippen molar-refractivity contribution in [2.75, 3.05) is 38.3 Å². The Morgan fingerprint density at radius 3 is 2.67 bits per heavy atom. The second-order valence-corrected chi connectivity index (χ2v) is 6.53. The maximum Gasteiger partial charge on any atom is 0.317 e. The lowest BCUT2D eigenvalue weighted by Crippen LogP contribution is -2.54. The van der Waals surface area contributed by atoms with Gasteiger partial charge in [0.1, 0.15) is 6.61 Å². The van der Waals surface area contributed by atoms with Gasteiger partial charge in [-0.15, -0.1) is 0 Å². The Balaban J connectivity index is 1.93. The standard InChI is InChI=1S/C18H26N4O2/c1-12-5-6-16(22-10-13(2)20-14(3)11-22)15-9-19-18(21-17(12)15)24-8-7-23-4/h5-6,9,13-14,20H,7-8,10-11H2,1-4H3/t13-,14?/m1/s1. The van der Waals surface area contributed by atoms with Crippen molar-refractivity contribution in [2.24, 2.45) is 0 Å². The topological polar surface area (TPSA) is 59.5 Å². The number of nitrogens with one attached hydrogen (secondary N) is 1. The number of anilines is 1. The molecule has 3 rings (SSSR count). The predicted molar refractivity (Wildman–Crippen MR) is 95.9 cm³/mol. The monoisotopic (exact) mass is 330 g/mol. The molecule has 1 aromatic heterocycles. The van der Waals surface area contributed by atoms with Gasteiger partial charge in [0.25, 0.3) is 0 Å². The summed E-state index contributed by atoms with van der Waals surface area (Å²) in [5, 5.41) is 4.65. The van der Waals surface area contributed by atoms with E-state index in [2.05, 4.69) is 53.1 Å². The van der Waals surface area contributed by atoms with Gasteiger partial charge in [-0.2, -0.15) is 4.98 Å². The minimum Gasteiger partial charge on any atom is -0.461 e. The van der Waals surface area contributed by atoms with Gasteiger partial charge in [-0.25, -0.2) is 4.98 Å². The van der Waals surface area contributed by atoms with Crippen molar-refractivity contribution >= 4 is 16.6 Å². The van der Waals surface area contributed by atoms with E-state index in [1.54, 1.807) is 7.11 Å². The number of ether oxygens (including phenoxy) is 2. The Kier molecular flexibility index (Phi) is 5.16. The van der Waals surface area contributed by atoms with Gasteiger partial charge in [0.05, 0.1) is 12.1 Å². The summed E-state index contributed by atoms with van der Waals surface area (Å²) in [6.45, 7) is 9.45. The second-order valence-electron chi connectivity index (χ2n) is 6.53. The van der Waals surface area contributed by atoms with Crippen LogP contribution in [0.3, 0.4) is 0 Å². The van der Waals surface area contributed by atoms with Crippen molar-refractivity contribution < 1.29 is 9.47 Å². The first kappa shape index (κ1) is 16.9. The van der Waals surface area contributed by atoms with Crippen LogP contribution in [0.4, 0.5) is 5.69 Å². The zero-order valence-corrected chi connectivity index (χ0v) is 14.9. The van der Waals surface area contributed by atoms with Gasteiger partial charge in [0, 0.05) is 49.6 Å². The average Bonchev–Trinajstić information content (AvgIpc) is 2.55. The normalized spacial score (nSPS) is 21.2. The summed E-state index contributed by atoms with van der Waals surface area (Å²) in [4.78, 5) is 11.4. The van der Waals surface area contributed by atoms with Crippen LogP contribution in [-0.4, -0.2) is 55.5 Å². The van der Waals surface area contributed by atoms with Crippen LogP contribution in [0.2, 0.25) is 0 Å². The fourth-order valence-electron chi connectivity index (χ4n) is 3.31. The molecule has 0 saturated carbocycles. The lowest BCUT2D eigenvalue weighted by atomic mass is 10.1. The molecule has 0 radical (unpaired) electrons. The van der Waals surface area contributed by atoms with Crippen LogP contribution in [0.15, 0.2) is 18.3 Å². The fourth-order valence-corrected chi connectivity index (χ4v) is 3.31. The van der Waals surface area contributed by atoms with E-state index in [1.807, 2.05) is 6.20 Å². The number of piperazine rings is 1. The highest BCUT2D eigenvalue weighted by Gasteiger charge is 2.23. The molecule has 1 N–H and O–H groups in total. The van der Waals surface area contributed by atoms with E-state index >= 15 is 0 Å². The minimum atomic E-state index is 0.404. The van der Waals surface area contributed by atoms with Gasteiger partial charge in [-0.3, -0.25) is 0 Å². The maximum atomic E-state index is 5.56.